The van der Waals surface area contributed by atoms with Gasteiger partial charge in [0, 0.05) is 21.5 Å². The second-order valence-corrected chi connectivity index (χ2v) is 7.53. The van der Waals surface area contributed by atoms with Gasteiger partial charge in [-0.15, -0.1) is 0 Å². The Morgan fingerprint density at radius 2 is 2.12 bits per heavy atom. The van der Waals surface area contributed by atoms with Crippen LogP contribution in [0.25, 0.3) is 0 Å². The highest BCUT2D eigenvalue weighted by Gasteiger charge is 2.40. The molecule has 0 fully saturated rings. The average molecular weight is 406 g/mol. The molecular weight excluding hydrogens is 392 g/mol. The van der Waals surface area contributed by atoms with Crippen molar-refractivity contribution < 1.29 is 4.92 Å². The van der Waals surface area contributed by atoms with Crippen molar-refractivity contribution in [3.05, 3.63) is 79.3 Å². The van der Waals surface area contributed by atoms with E-state index in [0.717, 1.165) is 22.0 Å². The predicted octanol–water partition coefficient (Wildman–Crippen LogP) is 5.84. The first-order chi connectivity index (χ1) is 11.5. The molecule has 6 heteroatoms. The van der Waals surface area contributed by atoms with Gasteiger partial charge in [-0.25, -0.2) is 0 Å². The number of nitrogens with one attached hydrogen (secondary N) is 1. The lowest BCUT2D eigenvalue weighted by Gasteiger charge is -2.37. The Balaban J connectivity index is 1.87. The number of halogens is 2. The van der Waals surface area contributed by atoms with Crippen LogP contribution in [0.1, 0.15) is 29.5 Å². The van der Waals surface area contributed by atoms with E-state index in [0.29, 0.717) is 16.6 Å². The Morgan fingerprint density at radius 3 is 2.88 bits per heavy atom. The Kier molecular flexibility index (Phi) is 3.85. The maximum absolute atomic E-state index is 11.5. The van der Waals surface area contributed by atoms with E-state index in [1.165, 1.54) is 6.07 Å². The summed E-state index contributed by atoms with van der Waals surface area (Å²) in [6, 6.07) is 11.4. The van der Waals surface area contributed by atoms with Gasteiger partial charge >= 0.3 is 0 Å². The summed E-state index contributed by atoms with van der Waals surface area (Å²) >= 11 is 9.64. The normalized spacial score (nSPS) is 24.2. The number of nitro benzene ring substituents is 1. The first-order valence-electron chi connectivity index (χ1n) is 7.71. The smallest absolute Gasteiger partial charge is 0.294 e. The van der Waals surface area contributed by atoms with Crippen molar-refractivity contribution in [3.63, 3.8) is 0 Å². The third-order valence-electron chi connectivity index (χ3n) is 4.82. The summed E-state index contributed by atoms with van der Waals surface area (Å²) in [6.45, 7) is 0. The summed E-state index contributed by atoms with van der Waals surface area (Å²) in [5.41, 5.74) is 2.66. The van der Waals surface area contributed by atoms with Gasteiger partial charge in [0.2, 0.25) is 0 Å². The van der Waals surface area contributed by atoms with Crippen molar-refractivity contribution >= 4 is 38.9 Å². The second-order valence-electron chi connectivity index (χ2n) is 6.18. The SMILES string of the molecule is O=[N+]([O-])c1cc(Cl)cc2c1NC(c1cccc(Br)c1)C1CC=CC21. The Bertz CT molecular complexity index is 868. The lowest BCUT2D eigenvalue weighted by atomic mass is 9.77. The third-order valence-corrected chi connectivity index (χ3v) is 5.53. The molecule has 0 bridgehead atoms. The summed E-state index contributed by atoms with van der Waals surface area (Å²) in [4.78, 5) is 11.1. The maximum Gasteiger partial charge on any atom is 0.294 e. The molecule has 0 saturated carbocycles. The molecule has 4 nitrogen and oxygen atoms in total. The van der Waals surface area contributed by atoms with Crippen LogP contribution >= 0.6 is 27.5 Å². The van der Waals surface area contributed by atoms with Gasteiger partial charge in [-0.1, -0.05) is 51.8 Å². The number of nitro groups is 1. The number of anilines is 1. The van der Waals surface area contributed by atoms with E-state index in [-0.39, 0.29) is 22.6 Å². The van der Waals surface area contributed by atoms with E-state index in [2.05, 4.69) is 45.5 Å². The minimum atomic E-state index is -0.366. The van der Waals surface area contributed by atoms with Crippen molar-refractivity contribution in [2.45, 2.75) is 18.4 Å². The second kappa shape index (κ2) is 5.90. The summed E-state index contributed by atoms with van der Waals surface area (Å²) in [7, 11) is 0. The molecule has 0 amide bonds. The van der Waals surface area contributed by atoms with Gasteiger partial charge in [0.05, 0.1) is 11.0 Å². The molecule has 24 heavy (non-hydrogen) atoms. The molecule has 1 aliphatic carbocycles. The standard InChI is InChI=1S/C18H14BrClN2O2/c19-11-4-1-3-10(7-11)17-14-6-2-5-13(14)15-8-12(20)9-16(22(23)24)18(15)21-17/h1-5,7-9,13-14,17,21H,6H2. The quantitative estimate of drug-likeness (QED) is 0.388. The molecule has 0 saturated heterocycles. The Labute approximate surface area is 152 Å². The van der Waals surface area contributed by atoms with Crippen molar-refractivity contribution in [2.75, 3.05) is 5.32 Å². The van der Waals surface area contributed by atoms with Crippen LogP contribution < -0.4 is 5.32 Å². The third kappa shape index (κ3) is 2.52. The van der Waals surface area contributed by atoms with E-state index in [4.69, 9.17) is 11.6 Å². The van der Waals surface area contributed by atoms with Crippen LogP contribution in [0.3, 0.4) is 0 Å². The minimum Gasteiger partial charge on any atom is -0.372 e. The Hall–Kier alpha value is -1.85. The summed E-state index contributed by atoms with van der Waals surface area (Å²) < 4.78 is 1.00. The number of benzene rings is 2. The molecule has 2 aromatic carbocycles. The van der Waals surface area contributed by atoms with E-state index >= 15 is 0 Å². The topological polar surface area (TPSA) is 55.2 Å². The van der Waals surface area contributed by atoms with Gasteiger partial charge in [-0.2, -0.15) is 0 Å². The number of hydrogen-bond acceptors (Lipinski definition) is 3. The summed E-state index contributed by atoms with van der Waals surface area (Å²) in [5.74, 6) is 0.465. The van der Waals surface area contributed by atoms with Crippen LogP contribution in [-0.2, 0) is 0 Å². The zero-order valence-corrected chi connectivity index (χ0v) is 14.9. The molecule has 122 valence electrons. The van der Waals surface area contributed by atoms with Gasteiger partial charge in [0.1, 0.15) is 5.69 Å². The van der Waals surface area contributed by atoms with Gasteiger partial charge in [0.25, 0.3) is 5.69 Å². The van der Waals surface area contributed by atoms with Crippen molar-refractivity contribution in [3.8, 4) is 0 Å². The molecule has 0 radical (unpaired) electrons. The minimum absolute atomic E-state index is 0.0230. The molecule has 0 aromatic heterocycles. The average Bonchev–Trinajstić information content (AvgIpc) is 3.03. The first kappa shape index (κ1) is 15.7. The molecule has 3 unspecified atom stereocenters. The highest BCUT2D eigenvalue weighted by atomic mass is 79.9. The monoisotopic (exact) mass is 404 g/mol. The van der Waals surface area contributed by atoms with Crippen LogP contribution in [0, 0.1) is 16.0 Å². The molecule has 1 N–H and O–H groups in total. The van der Waals surface area contributed by atoms with Crippen LogP contribution in [-0.4, -0.2) is 4.92 Å². The van der Waals surface area contributed by atoms with Crippen molar-refractivity contribution in [2.24, 2.45) is 5.92 Å². The van der Waals surface area contributed by atoms with Gasteiger partial charge in [-0.05, 0) is 41.7 Å². The van der Waals surface area contributed by atoms with Crippen LogP contribution in [0.4, 0.5) is 11.4 Å². The molecule has 1 heterocycles. The lowest BCUT2D eigenvalue weighted by Crippen LogP contribution is -2.29. The highest BCUT2D eigenvalue weighted by Crippen LogP contribution is 2.52. The predicted molar refractivity (Wildman–Crippen MR) is 98.6 cm³/mol. The molecule has 2 aliphatic rings. The molecule has 1 aliphatic heterocycles. The van der Waals surface area contributed by atoms with Gasteiger partial charge in [0.15, 0.2) is 0 Å². The van der Waals surface area contributed by atoms with Crippen molar-refractivity contribution in [1.82, 2.24) is 0 Å². The zero-order valence-electron chi connectivity index (χ0n) is 12.6. The zero-order chi connectivity index (χ0) is 16.8. The van der Waals surface area contributed by atoms with Crippen LogP contribution in [0.2, 0.25) is 5.02 Å². The van der Waals surface area contributed by atoms with Crippen molar-refractivity contribution in [1.29, 1.82) is 0 Å². The summed E-state index contributed by atoms with van der Waals surface area (Å²) in [6.07, 6.45) is 5.24. The number of rotatable bonds is 2. The summed E-state index contributed by atoms with van der Waals surface area (Å²) in [5, 5.41) is 15.3. The number of fused-ring (bicyclic) bond motifs is 3. The lowest BCUT2D eigenvalue weighted by molar-refractivity contribution is -0.384. The van der Waals surface area contributed by atoms with Crippen LogP contribution in [0.5, 0.6) is 0 Å². The fraction of sp³-hybridized carbons (Fsp3) is 0.222. The van der Waals surface area contributed by atoms with E-state index in [1.807, 2.05) is 18.2 Å². The Morgan fingerprint density at radius 1 is 1.29 bits per heavy atom. The van der Waals surface area contributed by atoms with Gasteiger partial charge in [-0.3, -0.25) is 10.1 Å². The number of hydrogen-bond donors (Lipinski definition) is 1. The number of allylic oxidation sites excluding steroid dienone is 2. The van der Waals surface area contributed by atoms with E-state index in [9.17, 15) is 10.1 Å². The first-order valence-corrected chi connectivity index (χ1v) is 8.88. The van der Waals surface area contributed by atoms with E-state index in [1.54, 1.807) is 0 Å². The number of nitrogens with zero attached hydrogens (tertiary/aromatic N) is 1. The molecule has 2 aromatic rings. The van der Waals surface area contributed by atoms with Gasteiger partial charge < -0.3 is 5.32 Å². The molecule has 0 spiro atoms. The largest absolute Gasteiger partial charge is 0.372 e. The molecular formula is C18H14BrClN2O2. The van der Waals surface area contributed by atoms with E-state index < -0.39 is 0 Å². The maximum atomic E-state index is 11.5. The fourth-order valence-corrected chi connectivity index (χ4v) is 4.46. The molecule has 4 rings (SSSR count). The fourth-order valence-electron chi connectivity index (χ4n) is 3.82. The highest BCUT2D eigenvalue weighted by molar-refractivity contribution is 9.10. The molecule has 3 atom stereocenters. The van der Waals surface area contributed by atoms with Crippen LogP contribution in [0.15, 0.2) is 53.0 Å².